The molecule has 0 amide bonds. The van der Waals surface area contributed by atoms with E-state index in [1.165, 1.54) is 15.9 Å². The van der Waals surface area contributed by atoms with Crippen LogP contribution in [0.1, 0.15) is 13.8 Å². The quantitative estimate of drug-likeness (QED) is 0.612. The summed E-state index contributed by atoms with van der Waals surface area (Å²) in [6, 6.07) is 32.0. The van der Waals surface area contributed by atoms with Crippen molar-refractivity contribution in [2.24, 2.45) is 0 Å². The third-order valence-corrected chi connectivity index (χ3v) is 12.6. The Kier molecular flexibility index (Phi) is 4.88. The number of ketones is 1. The summed E-state index contributed by atoms with van der Waals surface area (Å²) in [5.74, 6) is 0.246. The van der Waals surface area contributed by atoms with Crippen LogP contribution in [0.5, 0.6) is 0 Å². The maximum absolute atomic E-state index is 12.6. The molecule has 0 saturated carbocycles. The number of rotatable bonds is 6. The zero-order valence-corrected chi connectivity index (χ0v) is 15.8. The Balaban J connectivity index is 2.50. The van der Waals surface area contributed by atoms with Crippen LogP contribution in [0.2, 0.25) is 0 Å². The summed E-state index contributed by atoms with van der Waals surface area (Å²) in [6.07, 6.45) is 1.50. The summed E-state index contributed by atoms with van der Waals surface area (Å²) in [4.78, 5) is 12.6. The van der Waals surface area contributed by atoms with Crippen molar-refractivity contribution >= 4 is 28.3 Å². The number of hydrogen-bond acceptors (Lipinski definition) is 1. The van der Waals surface area contributed by atoms with Gasteiger partial charge in [0.2, 0.25) is 0 Å². The van der Waals surface area contributed by atoms with E-state index >= 15 is 0 Å². The second kappa shape index (κ2) is 6.94. The molecule has 0 N–H and O–H groups in total. The van der Waals surface area contributed by atoms with Crippen molar-refractivity contribution in [1.82, 2.24) is 0 Å². The van der Waals surface area contributed by atoms with E-state index in [1.807, 2.05) is 0 Å². The van der Waals surface area contributed by atoms with Gasteiger partial charge in [0.05, 0.1) is 0 Å². The average molecular weight is 348 g/mol. The summed E-state index contributed by atoms with van der Waals surface area (Å²) in [5.41, 5.74) is 0. The number of carbonyl (C=O) groups excluding carboxylic acids is 1. The molecule has 0 heterocycles. The van der Waals surface area contributed by atoms with E-state index in [2.05, 4.69) is 97.9 Å². The van der Waals surface area contributed by atoms with E-state index in [4.69, 9.17) is 0 Å². The second-order valence-corrected chi connectivity index (χ2v) is 12.2. The van der Waals surface area contributed by atoms with Gasteiger partial charge in [-0.25, -0.2) is 0 Å². The molecule has 1 nitrogen and oxygen atoms in total. The minimum absolute atomic E-state index is 0.246. The molecule has 0 unspecified atom stereocenters. The van der Waals surface area contributed by atoms with E-state index in [-0.39, 0.29) is 5.78 Å². The van der Waals surface area contributed by atoms with Crippen LogP contribution >= 0.6 is 6.60 Å². The van der Waals surface area contributed by atoms with Crippen molar-refractivity contribution in [3.8, 4) is 0 Å². The van der Waals surface area contributed by atoms with Crippen molar-refractivity contribution < 1.29 is 4.79 Å². The Bertz CT molecular complexity index is 742. The molecule has 25 heavy (non-hydrogen) atoms. The number of benzene rings is 3. The molecule has 3 aromatic carbocycles. The summed E-state index contributed by atoms with van der Waals surface area (Å²) >= 11 is 0. The summed E-state index contributed by atoms with van der Waals surface area (Å²) in [5, 5.41) is 3.89. The molecule has 0 saturated heterocycles. The van der Waals surface area contributed by atoms with Gasteiger partial charge in [-0.15, -0.1) is 0 Å². The molecule has 0 bridgehead atoms. The predicted octanol–water partition coefficient (Wildman–Crippen LogP) is 4.13. The normalized spacial score (nSPS) is 13.0. The van der Waals surface area contributed by atoms with E-state index in [0.717, 1.165) is 6.16 Å². The molecule has 0 aromatic heterocycles. The number of Topliss-reactive ketones (excluding diaryl/α,β-unsaturated/α-hetero) is 1. The zero-order valence-electron chi connectivity index (χ0n) is 14.9. The Labute approximate surface area is 150 Å². The van der Waals surface area contributed by atoms with Gasteiger partial charge in [-0.2, -0.15) is 0 Å². The van der Waals surface area contributed by atoms with Gasteiger partial charge >= 0.3 is 150 Å². The standard InChI is InChI=1S/C23H25OP/c1-3-25(19-20(2)24,21-13-7-4-8-14-21,22-15-9-5-10-16-22)23-17-11-6-12-18-23/h4-18H,3,19H2,1-2H3. The van der Waals surface area contributed by atoms with Crippen LogP contribution in [0.25, 0.3) is 0 Å². The van der Waals surface area contributed by atoms with Gasteiger partial charge in [0, 0.05) is 0 Å². The Morgan fingerprint density at radius 1 is 0.680 bits per heavy atom. The molecule has 0 aliphatic rings. The van der Waals surface area contributed by atoms with Crippen LogP contribution in [-0.4, -0.2) is 18.1 Å². The van der Waals surface area contributed by atoms with Gasteiger partial charge in [0.25, 0.3) is 0 Å². The fourth-order valence-corrected chi connectivity index (χ4v) is 10.7. The summed E-state index contributed by atoms with van der Waals surface area (Å²) < 4.78 is 0. The molecule has 0 atom stereocenters. The molecule has 0 radical (unpaired) electrons. The van der Waals surface area contributed by atoms with Crippen molar-refractivity contribution in [2.75, 3.05) is 12.3 Å². The van der Waals surface area contributed by atoms with Crippen molar-refractivity contribution in [3.05, 3.63) is 91.0 Å². The summed E-state index contributed by atoms with van der Waals surface area (Å²) in [7, 11) is 0. The van der Waals surface area contributed by atoms with Gasteiger partial charge in [-0.3, -0.25) is 0 Å². The first-order valence-corrected chi connectivity index (χ1v) is 11.4. The van der Waals surface area contributed by atoms with E-state index < -0.39 is 6.60 Å². The fraction of sp³-hybridized carbons (Fsp3) is 0.174. The Hall–Kier alpha value is -2.24. The molecule has 0 aliphatic carbocycles. The van der Waals surface area contributed by atoms with Crippen LogP contribution < -0.4 is 15.9 Å². The van der Waals surface area contributed by atoms with E-state index in [0.29, 0.717) is 6.16 Å². The zero-order chi connectivity index (χ0) is 17.8. The van der Waals surface area contributed by atoms with Crippen molar-refractivity contribution in [2.45, 2.75) is 13.8 Å². The molecule has 128 valence electrons. The second-order valence-electron chi connectivity index (χ2n) is 6.69. The molecular weight excluding hydrogens is 323 g/mol. The first-order valence-electron chi connectivity index (χ1n) is 8.80. The Morgan fingerprint density at radius 2 is 1.00 bits per heavy atom. The average Bonchev–Trinajstić information content (AvgIpc) is 2.68. The number of hydrogen-bond donors (Lipinski definition) is 0. The third-order valence-electron chi connectivity index (χ3n) is 5.41. The molecule has 3 aromatic rings. The third kappa shape index (κ3) is 2.73. The van der Waals surface area contributed by atoms with Crippen molar-refractivity contribution in [1.29, 1.82) is 0 Å². The van der Waals surface area contributed by atoms with Crippen LogP contribution in [-0.2, 0) is 4.79 Å². The van der Waals surface area contributed by atoms with Crippen molar-refractivity contribution in [3.63, 3.8) is 0 Å². The van der Waals surface area contributed by atoms with E-state index in [1.54, 1.807) is 6.92 Å². The molecule has 0 aliphatic heterocycles. The molecule has 0 spiro atoms. The molecule has 3 rings (SSSR count). The molecule has 0 fully saturated rings. The fourth-order valence-electron chi connectivity index (χ4n) is 4.24. The minimum atomic E-state index is -2.87. The molecular formula is C23H25OP. The predicted molar refractivity (Wildman–Crippen MR) is 111 cm³/mol. The van der Waals surface area contributed by atoms with Crippen LogP contribution in [0.3, 0.4) is 0 Å². The first kappa shape index (κ1) is 17.6. The van der Waals surface area contributed by atoms with Crippen LogP contribution in [0, 0.1) is 0 Å². The van der Waals surface area contributed by atoms with Gasteiger partial charge in [-0.05, 0) is 0 Å². The monoisotopic (exact) mass is 348 g/mol. The van der Waals surface area contributed by atoms with Crippen LogP contribution in [0.4, 0.5) is 0 Å². The number of carbonyl (C=O) groups is 1. The van der Waals surface area contributed by atoms with Gasteiger partial charge in [0.15, 0.2) is 0 Å². The summed E-state index contributed by atoms with van der Waals surface area (Å²) in [6.45, 7) is 1.10. The van der Waals surface area contributed by atoms with Gasteiger partial charge < -0.3 is 0 Å². The van der Waals surface area contributed by atoms with E-state index in [9.17, 15) is 4.79 Å². The van der Waals surface area contributed by atoms with Gasteiger partial charge in [-0.1, -0.05) is 0 Å². The van der Waals surface area contributed by atoms with Gasteiger partial charge in [0.1, 0.15) is 0 Å². The van der Waals surface area contributed by atoms with Crippen LogP contribution in [0.15, 0.2) is 91.0 Å². The maximum atomic E-state index is 12.6. The Morgan fingerprint density at radius 3 is 1.24 bits per heavy atom. The topological polar surface area (TPSA) is 17.1 Å². The first-order chi connectivity index (χ1) is 12.1. The SMILES string of the molecule is CCP(CC(C)=O)(c1ccccc1)(c1ccccc1)c1ccccc1. The molecule has 2 heteroatoms.